The van der Waals surface area contributed by atoms with Crippen molar-refractivity contribution in [3.63, 3.8) is 0 Å². The van der Waals surface area contributed by atoms with E-state index in [1.165, 1.54) is 19.3 Å². The first kappa shape index (κ1) is 13.0. The quantitative estimate of drug-likeness (QED) is 0.813. The third kappa shape index (κ3) is 2.47. The van der Waals surface area contributed by atoms with Crippen LogP contribution < -0.4 is 11.1 Å². The van der Waals surface area contributed by atoms with E-state index >= 15 is 0 Å². The molecule has 4 nitrogen and oxygen atoms in total. The molecule has 0 aliphatic heterocycles. The Bertz CT molecular complexity index is 517. The van der Waals surface area contributed by atoms with Crippen molar-refractivity contribution in [2.24, 2.45) is 17.8 Å². The summed E-state index contributed by atoms with van der Waals surface area (Å²) in [6, 6.07) is 7.16. The van der Waals surface area contributed by atoms with Gasteiger partial charge in [-0.2, -0.15) is 0 Å². The number of ether oxygens (including phenoxy) is 1. The fourth-order valence-electron chi connectivity index (χ4n) is 5.06. The van der Waals surface area contributed by atoms with Gasteiger partial charge in [-0.25, -0.2) is 4.79 Å². The van der Waals surface area contributed by atoms with Crippen molar-refractivity contribution >= 4 is 17.5 Å². The van der Waals surface area contributed by atoms with Crippen LogP contribution in [-0.2, 0) is 4.74 Å². The van der Waals surface area contributed by atoms with E-state index in [0.717, 1.165) is 42.7 Å². The van der Waals surface area contributed by atoms with E-state index in [1.807, 2.05) is 0 Å². The average molecular weight is 286 g/mol. The molecule has 4 aliphatic carbocycles. The van der Waals surface area contributed by atoms with Crippen LogP contribution in [0.2, 0.25) is 0 Å². The minimum Gasteiger partial charge on any atom is -0.443 e. The summed E-state index contributed by atoms with van der Waals surface area (Å²) in [5.74, 6) is 2.33. The van der Waals surface area contributed by atoms with Gasteiger partial charge in [0.1, 0.15) is 5.60 Å². The van der Waals surface area contributed by atoms with Gasteiger partial charge in [0.25, 0.3) is 0 Å². The van der Waals surface area contributed by atoms with Crippen LogP contribution in [0.5, 0.6) is 0 Å². The fourth-order valence-corrected chi connectivity index (χ4v) is 5.06. The number of benzene rings is 1. The Morgan fingerprint density at radius 1 is 1.05 bits per heavy atom. The van der Waals surface area contributed by atoms with Crippen LogP contribution in [0.15, 0.2) is 24.3 Å². The summed E-state index contributed by atoms with van der Waals surface area (Å²) in [4.78, 5) is 12.2. The van der Waals surface area contributed by atoms with Gasteiger partial charge in [0.05, 0.1) is 0 Å². The van der Waals surface area contributed by atoms with Crippen LogP contribution in [0, 0.1) is 17.8 Å². The number of nitrogens with one attached hydrogen (secondary N) is 1. The van der Waals surface area contributed by atoms with E-state index in [1.54, 1.807) is 24.3 Å². The molecule has 4 bridgehead atoms. The predicted octanol–water partition coefficient (Wildman–Crippen LogP) is 3.79. The lowest BCUT2D eigenvalue weighted by atomic mass is 9.54. The molecule has 0 aromatic heterocycles. The van der Waals surface area contributed by atoms with Gasteiger partial charge in [0.15, 0.2) is 0 Å². The normalized spacial score (nSPS) is 36.5. The molecule has 0 atom stereocenters. The molecule has 1 aromatic carbocycles. The fraction of sp³-hybridized carbons (Fsp3) is 0.588. The van der Waals surface area contributed by atoms with Crippen molar-refractivity contribution in [1.29, 1.82) is 0 Å². The van der Waals surface area contributed by atoms with Crippen LogP contribution >= 0.6 is 0 Å². The molecule has 4 heteroatoms. The van der Waals surface area contributed by atoms with Crippen molar-refractivity contribution in [3.05, 3.63) is 24.3 Å². The highest BCUT2D eigenvalue weighted by Crippen LogP contribution is 2.57. The van der Waals surface area contributed by atoms with E-state index in [9.17, 15) is 4.79 Å². The van der Waals surface area contributed by atoms with E-state index in [4.69, 9.17) is 10.5 Å². The Balaban J connectivity index is 1.43. The molecule has 112 valence electrons. The minimum absolute atomic E-state index is 0.188. The minimum atomic E-state index is -0.318. The second kappa shape index (κ2) is 4.65. The largest absolute Gasteiger partial charge is 0.443 e. The molecule has 0 unspecified atom stereocenters. The van der Waals surface area contributed by atoms with Crippen molar-refractivity contribution < 1.29 is 9.53 Å². The number of nitrogens with two attached hydrogens (primary N) is 1. The van der Waals surface area contributed by atoms with Gasteiger partial charge in [-0.05, 0) is 80.5 Å². The second-order valence-corrected chi connectivity index (χ2v) is 7.24. The summed E-state index contributed by atoms with van der Waals surface area (Å²) >= 11 is 0. The molecule has 0 heterocycles. The van der Waals surface area contributed by atoms with Crippen molar-refractivity contribution in [3.8, 4) is 0 Å². The highest BCUT2D eigenvalue weighted by atomic mass is 16.6. The Kier molecular flexibility index (Phi) is 2.88. The first-order valence-electron chi connectivity index (χ1n) is 7.96. The van der Waals surface area contributed by atoms with Crippen molar-refractivity contribution in [1.82, 2.24) is 0 Å². The summed E-state index contributed by atoms with van der Waals surface area (Å²) < 4.78 is 5.90. The summed E-state index contributed by atoms with van der Waals surface area (Å²) in [5, 5.41) is 2.83. The number of nitrogen functional groups attached to an aromatic ring is 1. The van der Waals surface area contributed by atoms with Gasteiger partial charge < -0.3 is 10.5 Å². The highest BCUT2D eigenvalue weighted by molar-refractivity contribution is 5.85. The first-order chi connectivity index (χ1) is 10.1. The van der Waals surface area contributed by atoms with Crippen LogP contribution in [0.4, 0.5) is 16.2 Å². The van der Waals surface area contributed by atoms with Crippen molar-refractivity contribution in [2.75, 3.05) is 11.1 Å². The first-order valence-corrected chi connectivity index (χ1v) is 7.96. The van der Waals surface area contributed by atoms with Gasteiger partial charge in [-0.15, -0.1) is 0 Å². The molecule has 4 aliphatic rings. The van der Waals surface area contributed by atoms with E-state index in [2.05, 4.69) is 5.32 Å². The SMILES string of the molecule is Nc1ccc(NC(=O)OC23CC4CC(CC(C4)C2)C3)cc1. The Hall–Kier alpha value is -1.71. The van der Waals surface area contributed by atoms with Crippen LogP contribution in [0.25, 0.3) is 0 Å². The summed E-state index contributed by atoms with van der Waals surface area (Å²) in [7, 11) is 0. The maximum atomic E-state index is 12.2. The monoisotopic (exact) mass is 286 g/mol. The molecular weight excluding hydrogens is 264 g/mol. The molecule has 3 N–H and O–H groups in total. The highest BCUT2D eigenvalue weighted by Gasteiger charge is 2.53. The van der Waals surface area contributed by atoms with Crippen molar-refractivity contribution in [2.45, 2.75) is 44.1 Å². The topological polar surface area (TPSA) is 64.3 Å². The predicted molar refractivity (Wildman–Crippen MR) is 81.9 cm³/mol. The van der Waals surface area contributed by atoms with E-state index < -0.39 is 0 Å². The number of hydrogen-bond acceptors (Lipinski definition) is 3. The molecule has 1 amide bonds. The number of carbonyl (C=O) groups is 1. The molecule has 21 heavy (non-hydrogen) atoms. The number of carbonyl (C=O) groups excluding carboxylic acids is 1. The van der Waals surface area contributed by atoms with Gasteiger partial charge in [-0.1, -0.05) is 0 Å². The number of amides is 1. The maximum absolute atomic E-state index is 12.2. The smallest absolute Gasteiger partial charge is 0.412 e. The Labute approximate surface area is 125 Å². The van der Waals surface area contributed by atoms with Crippen LogP contribution in [-0.4, -0.2) is 11.7 Å². The zero-order valence-corrected chi connectivity index (χ0v) is 12.2. The molecule has 5 rings (SSSR count). The third-order valence-electron chi connectivity index (χ3n) is 5.45. The standard InChI is InChI=1S/C17H22N2O2/c18-14-1-3-15(4-2-14)19-16(20)21-17-8-11-5-12(9-17)7-13(6-11)10-17/h1-4,11-13H,5-10,18H2,(H,19,20). The van der Waals surface area contributed by atoms with Gasteiger partial charge in [0.2, 0.25) is 0 Å². The lowest BCUT2D eigenvalue weighted by molar-refractivity contribution is -0.124. The molecule has 0 radical (unpaired) electrons. The molecule has 1 aromatic rings. The summed E-state index contributed by atoms with van der Waals surface area (Å²) in [6.45, 7) is 0. The Morgan fingerprint density at radius 2 is 1.57 bits per heavy atom. The lowest BCUT2D eigenvalue weighted by Gasteiger charge is -2.55. The Morgan fingerprint density at radius 3 is 2.10 bits per heavy atom. The number of rotatable bonds is 2. The zero-order valence-electron chi connectivity index (χ0n) is 12.2. The summed E-state index contributed by atoms with van der Waals surface area (Å²) in [6.07, 6.45) is 6.92. The molecule has 4 saturated carbocycles. The van der Waals surface area contributed by atoms with Gasteiger partial charge in [0, 0.05) is 11.4 Å². The molecular formula is C17H22N2O2. The maximum Gasteiger partial charge on any atom is 0.412 e. The average Bonchev–Trinajstić information content (AvgIpc) is 2.39. The van der Waals surface area contributed by atoms with Crippen LogP contribution in [0.1, 0.15) is 38.5 Å². The van der Waals surface area contributed by atoms with E-state index in [0.29, 0.717) is 5.69 Å². The van der Waals surface area contributed by atoms with Gasteiger partial charge in [-0.3, -0.25) is 5.32 Å². The van der Waals surface area contributed by atoms with Gasteiger partial charge >= 0.3 is 6.09 Å². The molecule has 4 fully saturated rings. The third-order valence-corrected chi connectivity index (χ3v) is 5.45. The van der Waals surface area contributed by atoms with Crippen LogP contribution in [0.3, 0.4) is 0 Å². The zero-order chi connectivity index (χ0) is 14.4. The number of anilines is 2. The van der Waals surface area contributed by atoms with E-state index in [-0.39, 0.29) is 11.7 Å². The summed E-state index contributed by atoms with van der Waals surface area (Å²) in [5.41, 5.74) is 6.89. The lowest BCUT2D eigenvalue weighted by Crippen LogP contribution is -2.53. The molecule has 0 spiro atoms. The second-order valence-electron chi connectivity index (χ2n) is 7.24. The molecule has 0 saturated heterocycles. The number of hydrogen-bond donors (Lipinski definition) is 2.